The third-order valence-electron chi connectivity index (χ3n) is 9.82. The first-order chi connectivity index (χ1) is 23.7. The Morgan fingerprint density at radius 1 is 0.706 bits per heavy atom. The number of nitrogens with zero attached hydrogens (tertiary/aromatic N) is 3. The van der Waals surface area contributed by atoms with Crippen LogP contribution in [0.2, 0.25) is 0 Å². The summed E-state index contributed by atoms with van der Waals surface area (Å²) in [6, 6.07) is 37.5. The number of aromatic nitrogens is 3. The quantitative estimate of drug-likeness (QED) is 0.176. The molecule has 0 bridgehead atoms. The molecule has 5 aromatic carbocycles. The van der Waals surface area contributed by atoms with Gasteiger partial charge in [0.15, 0.2) is 0 Å². The summed E-state index contributed by atoms with van der Waals surface area (Å²) in [5.74, 6) is 1.22. The summed E-state index contributed by atoms with van der Waals surface area (Å²) in [7, 11) is 0. The number of hydrogen-bond acceptors (Lipinski definition) is 3. The zero-order valence-corrected chi connectivity index (χ0v) is 33.3. The number of aromatic hydroxyl groups is 1. The smallest absolute Gasteiger partial charge is 0.148 e. The molecular weight excluding hydrogens is 806 g/mol. The Morgan fingerprint density at radius 2 is 1.39 bits per heavy atom. The molecule has 0 aliphatic carbocycles. The second-order valence-electron chi connectivity index (χ2n) is 15.9. The van der Waals surface area contributed by atoms with Gasteiger partial charge in [0.25, 0.3) is 0 Å². The van der Waals surface area contributed by atoms with Crippen molar-refractivity contribution >= 4 is 21.9 Å². The molecule has 0 fully saturated rings. The molecule has 0 saturated carbocycles. The second-order valence-corrected chi connectivity index (χ2v) is 15.9. The first kappa shape index (κ1) is 36.3. The monoisotopic (exact) mass is 851 g/mol. The molecule has 4 nitrogen and oxygen atoms in total. The maximum atomic E-state index is 11.3. The van der Waals surface area contributed by atoms with E-state index < -0.39 is 0 Å². The van der Waals surface area contributed by atoms with Gasteiger partial charge in [0.2, 0.25) is 0 Å². The summed E-state index contributed by atoms with van der Waals surface area (Å²) in [4.78, 5) is 10.2. The van der Waals surface area contributed by atoms with Gasteiger partial charge < -0.3 is 5.11 Å². The predicted octanol–water partition coefficient (Wildman–Crippen LogP) is 12.1. The first-order valence-corrected chi connectivity index (χ1v) is 17.6. The van der Waals surface area contributed by atoms with E-state index in [0.717, 1.165) is 50.1 Å². The zero-order valence-electron chi connectivity index (χ0n) is 31.0. The third-order valence-corrected chi connectivity index (χ3v) is 9.82. The Labute approximate surface area is 316 Å². The Bertz CT molecular complexity index is 2390. The van der Waals surface area contributed by atoms with E-state index >= 15 is 0 Å². The first-order valence-electron chi connectivity index (χ1n) is 17.6. The molecule has 0 spiro atoms. The molecule has 0 unspecified atom stereocenters. The van der Waals surface area contributed by atoms with Gasteiger partial charge in [0, 0.05) is 38.5 Å². The van der Waals surface area contributed by atoms with Crippen molar-refractivity contribution in [3.05, 3.63) is 132 Å². The van der Waals surface area contributed by atoms with Gasteiger partial charge in [-0.1, -0.05) is 115 Å². The minimum Gasteiger partial charge on any atom is -0.507 e. The second kappa shape index (κ2) is 13.5. The molecule has 0 saturated heterocycles. The zero-order chi connectivity index (χ0) is 35.5. The van der Waals surface area contributed by atoms with Crippen LogP contribution in [0.3, 0.4) is 0 Å². The van der Waals surface area contributed by atoms with Crippen molar-refractivity contribution in [1.29, 1.82) is 0 Å². The van der Waals surface area contributed by atoms with Crippen molar-refractivity contribution in [3.8, 4) is 45.1 Å². The molecular formula is C46H46N3OPt-. The van der Waals surface area contributed by atoms with E-state index in [-0.39, 0.29) is 37.6 Å². The number of aryl methyl sites for hydroxylation is 1. The summed E-state index contributed by atoms with van der Waals surface area (Å²) >= 11 is 0. The average molecular weight is 852 g/mol. The van der Waals surface area contributed by atoms with Crippen LogP contribution in [0.15, 0.2) is 103 Å². The van der Waals surface area contributed by atoms with Gasteiger partial charge in [-0.15, -0.1) is 35.4 Å². The van der Waals surface area contributed by atoms with Crippen molar-refractivity contribution in [2.24, 2.45) is 0 Å². The predicted molar refractivity (Wildman–Crippen MR) is 209 cm³/mol. The van der Waals surface area contributed by atoms with E-state index in [0.29, 0.717) is 17.3 Å². The van der Waals surface area contributed by atoms with Crippen LogP contribution in [-0.4, -0.2) is 19.6 Å². The van der Waals surface area contributed by atoms with Crippen LogP contribution in [-0.2, 0) is 31.9 Å². The van der Waals surface area contributed by atoms with Crippen molar-refractivity contribution < 1.29 is 26.2 Å². The molecule has 0 aliphatic rings. The molecule has 0 atom stereocenters. The van der Waals surface area contributed by atoms with Crippen molar-refractivity contribution in [3.63, 3.8) is 0 Å². The SMILES string of the molecule is Cc1cc(-c2[c-]c(-c3cccc4c3nc(-c3cc(C(C)C)ccc3O)n4-c3ccc(C(C)(C)C)cc3)ccc2)c2ncccc2c1C(C)(C)C.[Pt]. The van der Waals surface area contributed by atoms with Gasteiger partial charge in [0.1, 0.15) is 11.6 Å². The van der Waals surface area contributed by atoms with Crippen LogP contribution in [0.25, 0.3) is 61.3 Å². The van der Waals surface area contributed by atoms with Crippen LogP contribution in [0.1, 0.15) is 83.6 Å². The number of imidazole rings is 1. The fourth-order valence-electron chi connectivity index (χ4n) is 7.34. The molecule has 2 heterocycles. The van der Waals surface area contributed by atoms with E-state index in [1.54, 1.807) is 6.07 Å². The largest absolute Gasteiger partial charge is 0.507 e. The number of para-hydroxylation sites is 1. The van der Waals surface area contributed by atoms with Crippen LogP contribution in [0.5, 0.6) is 5.75 Å². The summed E-state index contributed by atoms with van der Waals surface area (Å²) in [5.41, 5.74) is 13.5. The van der Waals surface area contributed by atoms with Crippen LogP contribution >= 0.6 is 0 Å². The van der Waals surface area contributed by atoms with Crippen LogP contribution in [0.4, 0.5) is 0 Å². The average Bonchev–Trinajstić information content (AvgIpc) is 3.46. The maximum absolute atomic E-state index is 11.3. The van der Waals surface area contributed by atoms with Crippen LogP contribution < -0.4 is 0 Å². The number of hydrogen-bond donors (Lipinski definition) is 1. The fourth-order valence-corrected chi connectivity index (χ4v) is 7.34. The Morgan fingerprint density at radius 3 is 2.06 bits per heavy atom. The van der Waals surface area contributed by atoms with Crippen molar-refractivity contribution in [2.45, 2.75) is 79.1 Å². The van der Waals surface area contributed by atoms with Crippen molar-refractivity contribution in [2.75, 3.05) is 0 Å². The minimum atomic E-state index is -0.0160. The maximum Gasteiger partial charge on any atom is 0.148 e. The molecule has 0 aliphatic heterocycles. The van der Waals surface area contributed by atoms with E-state index in [2.05, 4.69) is 152 Å². The molecule has 0 amide bonds. The van der Waals surface area contributed by atoms with Gasteiger partial charge in [-0.25, -0.2) is 4.98 Å². The van der Waals surface area contributed by atoms with E-state index in [1.807, 2.05) is 18.3 Å². The fraction of sp³-hybridized carbons (Fsp3) is 0.261. The summed E-state index contributed by atoms with van der Waals surface area (Å²) < 4.78 is 2.18. The van der Waals surface area contributed by atoms with Gasteiger partial charge >= 0.3 is 0 Å². The summed E-state index contributed by atoms with van der Waals surface area (Å²) in [5, 5.41) is 12.5. The standard InChI is InChI=1S/C46H46N3O.Pt/c1-28(2)30-18-23-40(50)38(27-30)44-48-43-35(15-11-17-39(43)49(44)34-21-19-33(20-22-34)45(4,5)6)31-13-10-14-32(26-31)37-25-29(3)41(46(7,8)9)36-16-12-24-47-42(36)37;/h10-25,27-28,50H,1-9H3;/q-1;. The number of benzene rings is 5. The van der Waals surface area contributed by atoms with Gasteiger partial charge in [-0.05, 0) is 82.1 Å². The molecule has 262 valence electrons. The number of phenolic OH excluding ortho intramolecular Hbond substituents is 1. The number of rotatable bonds is 5. The number of fused-ring (bicyclic) bond motifs is 2. The van der Waals surface area contributed by atoms with Gasteiger partial charge in [0.05, 0.1) is 16.6 Å². The Hall–Kier alpha value is -4.53. The Balaban J connectivity index is 0.00000448. The molecule has 51 heavy (non-hydrogen) atoms. The topological polar surface area (TPSA) is 50.9 Å². The molecule has 5 heteroatoms. The molecule has 1 N–H and O–H groups in total. The molecule has 7 rings (SSSR count). The van der Waals surface area contributed by atoms with E-state index in [1.165, 1.54) is 22.1 Å². The van der Waals surface area contributed by atoms with E-state index in [4.69, 9.17) is 9.97 Å². The molecule has 0 radical (unpaired) electrons. The summed E-state index contributed by atoms with van der Waals surface area (Å²) in [6.07, 6.45) is 1.88. The Kier molecular flexibility index (Phi) is 9.63. The van der Waals surface area contributed by atoms with Gasteiger partial charge in [-0.3, -0.25) is 9.55 Å². The minimum absolute atomic E-state index is 0. The molecule has 2 aromatic heterocycles. The molecule has 7 aromatic rings. The summed E-state index contributed by atoms with van der Waals surface area (Å²) in [6.45, 7) is 20.0. The normalized spacial score (nSPS) is 12.1. The van der Waals surface area contributed by atoms with Crippen molar-refractivity contribution in [1.82, 2.24) is 14.5 Å². The third kappa shape index (κ3) is 6.67. The number of phenols is 1. The van der Waals surface area contributed by atoms with E-state index in [9.17, 15) is 5.11 Å². The van der Waals surface area contributed by atoms with Crippen LogP contribution in [0, 0.1) is 13.0 Å². The van der Waals surface area contributed by atoms with Gasteiger partial charge in [-0.2, -0.15) is 0 Å². The number of pyridine rings is 1.